The van der Waals surface area contributed by atoms with Crippen LogP contribution in [0.25, 0.3) is 5.65 Å². The molecule has 92 valence electrons. The molecule has 0 unspecified atom stereocenters. The minimum absolute atomic E-state index is 0. The Kier molecular flexibility index (Phi) is 4.13. The van der Waals surface area contributed by atoms with Gasteiger partial charge in [0.25, 0.3) is 11.6 Å². The van der Waals surface area contributed by atoms with Gasteiger partial charge in [-0.05, 0) is 18.6 Å². The zero-order valence-corrected chi connectivity index (χ0v) is 12.6. The van der Waals surface area contributed by atoms with Crippen molar-refractivity contribution < 1.29 is 33.2 Å². The zero-order valence-electron chi connectivity index (χ0n) is 10.4. The van der Waals surface area contributed by atoms with Crippen LogP contribution >= 0.6 is 0 Å². The van der Waals surface area contributed by atoms with Crippen molar-refractivity contribution in [2.24, 2.45) is 7.05 Å². The third-order valence-corrected chi connectivity index (χ3v) is 2.96. The van der Waals surface area contributed by atoms with Crippen LogP contribution in [0.4, 0.5) is 0 Å². The number of hydrogen-bond acceptors (Lipinski definition) is 1. The molecule has 0 saturated carbocycles. The van der Waals surface area contributed by atoms with E-state index in [2.05, 4.69) is 11.4 Å². The molecule has 0 bridgehead atoms. The summed E-state index contributed by atoms with van der Waals surface area (Å²) in [4.78, 5) is 11.8. The summed E-state index contributed by atoms with van der Waals surface area (Å²) in [6.07, 6.45) is 1.93. The van der Waals surface area contributed by atoms with Gasteiger partial charge in [0.15, 0.2) is 5.69 Å². The van der Waals surface area contributed by atoms with Crippen LogP contribution in [0.15, 0.2) is 18.3 Å². The van der Waals surface area contributed by atoms with Crippen LogP contribution in [0.5, 0.6) is 0 Å². The lowest BCUT2D eigenvalue weighted by atomic mass is 10.3. The summed E-state index contributed by atoms with van der Waals surface area (Å²) >= 11 is 0. The molecule has 2 aromatic heterocycles. The van der Waals surface area contributed by atoms with Gasteiger partial charge in [-0.15, -0.1) is 0 Å². The molecule has 1 N–H and O–H groups in total. The maximum Gasteiger partial charge on any atom is 0.295 e. The van der Waals surface area contributed by atoms with Crippen molar-refractivity contribution in [2.45, 2.75) is 13.8 Å². The molecule has 0 aliphatic heterocycles. The lowest BCUT2D eigenvalue weighted by molar-refractivity contribution is -0.513. The second-order valence-electron chi connectivity index (χ2n) is 4.00. The number of hydrogen-bond donors (Lipinski definition) is 1. The number of nitrogens with zero attached hydrogens (tertiary/aromatic N) is 2. The first-order valence-corrected chi connectivity index (χ1v) is 5.25. The molecule has 5 heteroatoms. The first kappa shape index (κ1) is 14.0. The monoisotopic (exact) mass is 345 g/mol. The molecule has 2 aromatic rings. The normalized spacial score (nSPS) is 10.1. The fourth-order valence-corrected chi connectivity index (χ4v) is 1.93. The standard InChI is InChI=1S/C12H15N3O.HI/c1-8-5-6-15-10(7-8)14(4)9(2)11(15)12(16)13-3;/h5-7H,1-4H3;1H. The first-order chi connectivity index (χ1) is 7.56. The fourth-order valence-electron chi connectivity index (χ4n) is 1.93. The van der Waals surface area contributed by atoms with Gasteiger partial charge in [0.05, 0.1) is 13.2 Å². The Hall–Kier alpha value is -1.11. The van der Waals surface area contributed by atoms with E-state index in [1.807, 2.05) is 42.1 Å². The summed E-state index contributed by atoms with van der Waals surface area (Å²) < 4.78 is 3.94. The van der Waals surface area contributed by atoms with Gasteiger partial charge in [-0.25, -0.2) is 4.57 Å². The SMILES string of the molecule is CNC(=O)c1c(C)n(C)c2cc(C)cc[n+]12.[I-]. The molecule has 0 fully saturated rings. The van der Waals surface area contributed by atoms with Crippen molar-refractivity contribution in [3.63, 3.8) is 0 Å². The number of imidazole rings is 1. The Morgan fingerprint density at radius 3 is 2.65 bits per heavy atom. The Labute approximate surface area is 118 Å². The van der Waals surface area contributed by atoms with E-state index in [4.69, 9.17) is 0 Å². The molecule has 0 spiro atoms. The number of nitrogens with one attached hydrogen (secondary N) is 1. The van der Waals surface area contributed by atoms with E-state index in [9.17, 15) is 4.79 Å². The fraction of sp³-hybridized carbons (Fsp3) is 0.333. The summed E-state index contributed by atoms with van der Waals surface area (Å²) in [5.74, 6) is -0.0584. The van der Waals surface area contributed by atoms with E-state index < -0.39 is 0 Å². The van der Waals surface area contributed by atoms with E-state index in [1.165, 1.54) is 5.56 Å². The van der Waals surface area contributed by atoms with E-state index in [-0.39, 0.29) is 29.9 Å². The number of aryl methyl sites for hydroxylation is 2. The van der Waals surface area contributed by atoms with Crippen molar-refractivity contribution in [3.05, 3.63) is 35.3 Å². The average Bonchev–Trinajstić information content (AvgIpc) is 2.52. The lowest BCUT2D eigenvalue weighted by Crippen LogP contribution is -3.00. The molecule has 17 heavy (non-hydrogen) atoms. The average molecular weight is 345 g/mol. The maximum atomic E-state index is 11.8. The highest BCUT2D eigenvalue weighted by Crippen LogP contribution is 2.10. The van der Waals surface area contributed by atoms with Crippen molar-refractivity contribution in [3.8, 4) is 0 Å². The molecule has 0 aromatic carbocycles. The first-order valence-electron chi connectivity index (χ1n) is 5.25. The molecule has 0 radical (unpaired) electrons. The second-order valence-corrected chi connectivity index (χ2v) is 4.00. The van der Waals surface area contributed by atoms with Gasteiger partial charge in [-0.2, -0.15) is 4.40 Å². The highest BCUT2D eigenvalue weighted by atomic mass is 127. The van der Waals surface area contributed by atoms with Crippen LogP contribution in [-0.2, 0) is 7.05 Å². The van der Waals surface area contributed by atoms with Crippen LogP contribution in [0.2, 0.25) is 0 Å². The largest absolute Gasteiger partial charge is 1.00 e. The molecule has 0 aliphatic carbocycles. The summed E-state index contributed by atoms with van der Waals surface area (Å²) in [7, 11) is 3.62. The maximum absolute atomic E-state index is 11.8. The molecule has 0 saturated heterocycles. The lowest BCUT2D eigenvalue weighted by Gasteiger charge is -1.95. The quantitative estimate of drug-likeness (QED) is 0.460. The van der Waals surface area contributed by atoms with Crippen LogP contribution in [0, 0.1) is 13.8 Å². The minimum atomic E-state index is -0.0584. The number of rotatable bonds is 1. The van der Waals surface area contributed by atoms with Gasteiger partial charge >= 0.3 is 0 Å². The number of fused-ring (bicyclic) bond motifs is 1. The van der Waals surface area contributed by atoms with Crippen LogP contribution < -0.4 is 33.7 Å². The third-order valence-electron chi connectivity index (χ3n) is 2.96. The number of halogens is 1. The van der Waals surface area contributed by atoms with Crippen LogP contribution in [-0.4, -0.2) is 17.5 Å². The van der Waals surface area contributed by atoms with Gasteiger partial charge in [0.1, 0.15) is 0 Å². The number of pyridine rings is 1. The molecule has 0 atom stereocenters. The number of amides is 1. The molecule has 0 aliphatic rings. The second kappa shape index (κ2) is 5.03. The van der Waals surface area contributed by atoms with Crippen molar-refractivity contribution >= 4 is 11.6 Å². The summed E-state index contributed by atoms with van der Waals surface area (Å²) in [5.41, 5.74) is 3.87. The number of carbonyl (C=O) groups is 1. The predicted molar refractivity (Wildman–Crippen MR) is 61.4 cm³/mol. The van der Waals surface area contributed by atoms with Gasteiger partial charge in [-0.1, -0.05) is 0 Å². The highest BCUT2D eigenvalue weighted by molar-refractivity contribution is 5.92. The molecule has 1 amide bonds. The predicted octanol–water partition coefficient (Wildman–Crippen LogP) is -2.26. The smallest absolute Gasteiger partial charge is 0.295 e. The summed E-state index contributed by atoms with van der Waals surface area (Å²) in [5, 5.41) is 2.67. The summed E-state index contributed by atoms with van der Waals surface area (Å²) in [6, 6.07) is 4.07. The Morgan fingerprint density at radius 2 is 2.06 bits per heavy atom. The number of carbonyl (C=O) groups excluding carboxylic acids is 1. The van der Waals surface area contributed by atoms with E-state index in [0.29, 0.717) is 5.69 Å². The van der Waals surface area contributed by atoms with E-state index in [1.54, 1.807) is 7.05 Å². The molecular weight excluding hydrogens is 329 g/mol. The third kappa shape index (κ3) is 2.15. The van der Waals surface area contributed by atoms with Crippen molar-refractivity contribution in [1.29, 1.82) is 0 Å². The van der Waals surface area contributed by atoms with Crippen molar-refractivity contribution in [1.82, 2.24) is 9.88 Å². The van der Waals surface area contributed by atoms with Gasteiger partial charge < -0.3 is 29.3 Å². The molecule has 4 nitrogen and oxygen atoms in total. The van der Waals surface area contributed by atoms with Crippen LogP contribution in [0.1, 0.15) is 21.7 Å². The zero-order chi connectivity index (χ0) is 11.9. The van der Waals surface area contributed by atoms with E-state index in [0.717, 1.165) is 11.3 Å². The summed E-state index contributed by atoms with van der Waals surface area (Å²) in [6.45, 7) is 3.99. The Balaban J connectivity index is 0.00000144. The topological polar surface area (TPSA) is 38.1 Å². The molecule has 2 rings (SSSR count). The van der Waals surface area contributed by atoms with Crippen molar-refractivity contribution in [2.75, 3.05) is 7.05 Å². The van der Waals surface area contributed by atoms with Gasteiger partial charge in [-0.3, -0.25) is 4.79 Å². The van der Waals surface area contributed by atoms with Crippen LogP contribution in [0.3, 0.4) is 0 Å². The Morgan fingerprint density at radius 1 is 1.41 bits per heavy atom. The highest BCUT2D eigenvalue weighted by Gasteiger charge is 2.24. The molecule has 2 heterocycles. The van der Waals surface area contributed by atoms with Gasteiger partial charge in [0, 0.05) is 20.0 Å². The Bertz CT molecular complexity index is 575. The molecular formula is C12H16IN3O. The number of aromatic nitrogens is 2. The van der Waals surface area contributed by atoms with Gasteiger partial charge in [0.2, 0.25) is 5.69 Å². The minimum Gasteiger partial charge on any atom is -1.00 e. The van der Waals surface area contributed by atoms with E-state index >= 15 is 0 Å².